The van der Waals surface area contributed by atoms with Crippen LogP contribution in [0.2, 0.25) is 0 Å². The fourth-order valence-electron chi connectivity index (χ4n) is 2.24. The van der Waals surface area contributed by atoms with Gasteiger partial charge in [-0.15, -0.1) is 11.3 Å². The molecule has 2 heteroatoms. The van der Waals surface area contributed by atoms with E-state index in [2.05, 4.69) is 48.5 Å². The van der Waals surface area contributed by atoms with Gasteiger partial charge in [0.25, 0.3) is 0 Å². The standard InChI is InChI=1S/C15H9NS/c1-3-7-12-10(5-1)9-14-15(16-12)11-6-2-4-8-13(11)17-14/h1-9H. The molecule has 0 radical (unpaired) electrons. The highest BCUT2D eigenvalue weighted by Crippen LogP contribution is 2.33. The molecule has 80 valence electrons. The smallest absolute Gasteiger partial charge is 0.0896 e. The minimum Gasteiger partial charge on any atom is -0.246 e. The summed E-state index contributed by atoms with van der Waals surface area (Å²) in [5, 5.41) is 2.48. The van der Waals surface area contributed by atoms with Crippen molar-refractivity contribution in [2.75, 3.05) is 0 Å². The lowest BCUT2D eigenvalue weighted by Gasteiger charge is -1.96. The van der Waals surface area contributed by atoms with Crippen molar-refractivity contribution in [3.05, 3.63) is 54.6 Å². The second kappa shape index (κ2) is 3.28. The van der Waals surface area contributed by atoms with Crippen LogP contribution < -0.4 is 0 Å². The Morgan fingerprint density at radius 2 is 1.65 bits per heavy atom. The Morgan fingerprint density at radius 1 is 0.824 bits per heavy atom. The van der Waals surface area contributed by atoms with Gasteiger partial charge < -0.3 is 0 Å². The molecule has 17 heavy (non-hydrogen) atoms. The molecule has 0 amide bonds. The molecule has 4 rings (SSSR count). The fourth-order valence-corrected chi connectivity index (χ4v) is 3.33. The highest BCUT2D eigenvalue weighted by atomic mass is 32.1. The van der Waals surface area contributed by atoms with Gasteiger partial charge in [0.15, 0.2) is 0 Å². The first-order valence-corrected chi connectivity index (χ1v) is 6.40. The molecule has 0 bridgehead atoms. The fraction of sp³-hybridized carbons (Fsp3) is 0. The van der Waals surface area contributed by atoms with Crippen LogP contribution in [-0.4, -0.2) is 4.98 Å². The molecule has 0 atom stereocenters. The molecule has 0 saturated heterocycles. The summed E-state index contributed by atoms with van der Waals surface area (Å²) in [6, 6.07) is 19.0. The highest BCUT2D eigenvalue weighted by Gasteiger charge is 2.06. The molecule has 2 aromatic carbocycles. The van der Waals surface area contributed by atoms with Crippen LogP contribution in [0, 0.1) is 0 Å². The summed E-state index contributed by atoms with van der Waals surface area (Å²) >= 11 is 1.81. The van der Waals surface area contributed by atoms with E-state index in [0.29, 0.717) is 0 Å². The van der Waals surface area contributed by atoms with Crippen LogP contribution in [-0.2, 0) is 0 Å². The molecular weight excluding hydrogens is 226 g/mol. The quantitative estimate of drug-likeness (QED) is 0.434. The SMILES string of the molecule is c1ccc2nc3c(cc2c1)sc1ccccc13. The monoisotopic (exact) mass is 235 g/mol. The lowest BCUT2D eigenvalue weighted by molar-refractivity contribution is 1.53. The van der Waals surface area contributed by atoms with Gasteiger partial charge in [-0.25, -0.2) is 4.98 Å². The van der Waals surface area contributed by atoms with Crippen LogP contribution in [0.3, 0.4) is 0 Å². The Labute approximate surface area is 102 Å². The summed E-state index contributed by atoms with van der Waals surface area (Å²) < 4.78 is 2.58. The first-order valence-electron chi connectivity index (χ1n) is 5.59. The second-order valence-electron chi connectivity index (χ2n) is 4.13. The average molecular weight is 235 g/mol. The summed E-state index contributed by atoms with van der Waals surface area (Å²) in [4.78, 5) is 4.78. The third-order valence-corrected chi connectivity index (χ3v) is 4.16. The maximum Gasteiger partial charge on any atom is 0.0896 e. The van der Waals surface area contributed by atoms with E-state index < -0.39 is 0 Å². The zero-order valence-electron chi connectivity index (χ0n) is 9.05. The van der Waals surface area contributed by atoms with Gasteiger partial charge in [-0.3, -0.25) is 0 Å². The number of fused-ring (bicyclic) bond motifs is 4. The molecule has 0 unspecified atom stereocenters. The molecule has 2 aromatic heterocycles. The largest absolute Gasteiger partial charge is 0.246 e. The summed E-state index contributed by atoms with van der Waals surface area (Å²) in [5.74, 6) is 0. The van der Waals surface area contributed by atoms with Crippen molar-refractivity contribution in [1.82, 2.24) is 4.98 Å². The minimum absolute atomic E-state index is 1.07. The molecule has 0 N–H and O–H groups in total. The summed E-state index contributed by atoms with van der Waals surface area (Å²) in [7, 11) is 0. The van der Waals surface area contributed by atoms with E-state index in [9.17, 15) is 0 Å². The second-order valence-corrected chi connectivity index (χ2v) is 5.21. The zero-order valence-corrected chi connectivity index (χ0v) is 9.87. The highest BCUT2D eigenvalue weighted by molar-refractivity contribution is 7.25. The minimum atomic E-state index is 1.07. The Balaban J connectivity index is 2.28. The number of hydrogen-bond acceptors (Lipinski definition) is 2. The summed E-state index contributed by atoms with van der Waals surface area (Å²) in [6.45, 7) is 0. The predicted molar refractivity (Wildman–Crippen MR) is 74.6 cm³/mol. The molecule has 0 fully saturated rings. The molecule has 0 saturated carbocycles. The lowest BCUT2D eigenvalue weighted by Crippen LogP contribution is -1.78. The topological polar surface area (TPSA) is 12.9 Å². The van der Waals surface area contributed by atoms with Crippen molar-refractivity contribution in [2.24, 2.45) is 0 Å². The molecule has 1 nitrogen and oxygen atoms in total. The van der Waals surface area contributed by atoms with Crippen molar-refractivity contribution in [2.45, 2.75) is 0 Å². The van der Waals surface area contributed by atoms with E-state index in [1.165, 1.54) is 20.2 Å². The molecule has 0 aliphatic rings. The molecule has 0 aliphatic carbocycles. The van der Waals surface area contributed by atoms with Crippen molar-refractivity contribution in [3.63, 3.8) is 0 Å². The predicted octanol–water partition coefficient (Wildman–Crippen LogP) is 4.60. The van der Waals surface area contributed by atoms with E-state index in [1.54, 1.807) is 0 Å². The first kappa shape index (κ1) is 9.14. The average Bonchev–Trinajstić information content (AvgIpc) is 2.73. The Hall–Kier alpha value is -1.93. The van der Waals surface area contributed by atoms with Crippen molar-refractivity contribution < 1.29 is 0 Å². The summed E-state index contributed by atoms with van der Waals surface area (Å²) in [5.41, 5.74) is 2.20. The number of hydrogen-bond donors (Lipinski definition) is 0. The molecule has 2 heterocycles. The number of thiophene rings is 1. The van der Waals surface area contributed by atoms with Gasteiger partial charge in [0.2, 0.25) is 0 Å². The first-order chi connectivity index (χ1) is 8.42. The van der Waals surface area contributed by atoms with Crippen molar-refractivity contribution >= 4 is 42.5 Å². The van der Waals surface area contributed by atoms with E-state index >= 15 is 0 Å². The van der Waals surface area contributed by atoms with Crippen LogP contribution >= 0.6 is 11.3 Å². The number of aromatic nitrogens is 1. The number of nitrogens with zero attached hydrogens (tertiary/aromatic N) is 1. The lowest BCUT2D eigenvalue weighted by atomic mass is 10.2. The van der Waals surface area contributed by atoms with E-state index in [-0.39, 0.29) is 0 Å². The normalized spacial score (nSPS) is 11.5. The van der Waals surface area contributed by atoms with Gasteiger partial charge in [-0.1, -0.05) is 36.4 Å². The van der Waals surface area contributed by atoms with Crippen molar-refractivity contribution in [3.8, 4) is 0 Å². The number of para-hydroxylation sites is 1. The molecule has 0 spiro atoms. The maximum atomic E-state index is 4.78. The maximum absolute atomic E-state index is 4.78. The van der Waals surface area contributed by atoms with Crippen LogP contribution in [0.5, 0.6) is 0 Å². The van der Waals surface area contributed by atoms with Gasteiger partial charge in [-0.05, 0) is 18.2 Å². The third-order valence-electron chi connectivity index (χ3n) is 3.05. The third kappa shape index (κ3) is 1.28. The van der Waals surface area contributed by atoms with Gasteiger partial charge in [-0.2, -0.15) is 0 Å². The van der Waals surface area contributed by atoms with Crippen molar-refractivity contribution in [1.29, 1.82) is 0 Å². The van der Waals surface area contributed by atoms with Crippen LogP contribution in [0.4, 0.5) is 0 Å². The number of rotatable bonds is 0. The van der Waals surface area contributed by atoms with E-state index in [1.807, 2.05) is 17.4 Å². The van der Waals surface area contributed by atoms with Gasteiger partial charge in [0, 0.05) is 15.5 Å². The Morgan fingerprint density at radius 3 is 2.65 bits per heavy atom. The van der Waals surface area contributed by atoms with Crippen LogP contribution in [0.1, 0.15) is 0 Å². The van der Waals surface area contributed by atoms with Gasteiger partial charge in [0.05, 0.1) is 15.7 Å². The van der Waals surface area contributed by atoms with E-state index in [4.69, 9.17) is 4.98 Å². The molecular formula is C15H9NS. The van der Waals surface area contributed by atoms with Crippen LogP contribution in [0.25, 0.3) is 31.2 Å². The van der Waals surface area contributed by atoms with E-state index in [0.717, 1.165) is 11.0 Å². The molecule has 0 aliphatic heterocycles. The van der Waals surface area contributed by atoms with Gasteiger partial charge in [0.1, 0.15) is 0 Å². The number of pyridine rings is 1. The Kier molecular flexibility index (Phi) is 1.76. The van der Waals surface area contributed by atoms with Crippen LogP contribution in [0.15, 0.2) is 54.6 Å². The number of benzene rings is 2. The zero-order chi connectivity index (χ0) is 11.2. The Bertz CT molecular complexity index is 839. The van der Waals surface area contributed by atoms with Gasteiger partial charge >= 0.3 is 0 Å². The summed E-state index contributed by atoms with van der Waals surface area (Å²) in [6.07, 6.45) is 0. The molecule has 4 aromatic rings.